The lowest BCUT2D eigenvalue weighted by molar-refractivity contribution is -0.144. The van der Waals surface area contributed by atoms with Crippen LogP contribution in [-0.2, 0) is 20.1 Å². The number of urea groups is 1. The molecule has 1 saturated heterocycles. The van der Waals surface area contributed by atoms with Crippen molar-refractivity contribution in [2.75, 3.05) is 25.4 Å². The zero-order valence-electron chi connectivity index (χ0n) is 14.9. The first-order valence-corrected chi connectivity index (χ1v) is 9.61. The second-order valence-corrected chi connectivity index (χ2v) is 7.48. The van der Waals surface area contributed by atoms with Crippen molar-refractivity contribution in [2.24, 2.45) is 5.92 Å². The predicted molar refractivity (Wildman–Crippen MR) is 99.3 cm³/mol. The van der Waals surface area contributed by atoms with Gasteiger partial charge in [0.2, 0.25) is 5.91 Å². The fraction of sp³-hybridized carbons (Fsp3) is 0.444. The Labute approximate surface area is 157 Å². The summed E-state index contributed by atoms with van der Waals surface area (Å²) in [5.74, 6) is -0.657. The van der Waals surface area contributed by atoms with Gasteiger partial charge in [0, 0.05) is 24.6 Å². The van der Waals surface area contributed by atoms with Crippen LogP contribution in [0.4, 0.5) is 4.79 Å². The first-order valence-electron chi connectivity index (χ1n) is 8.46. The minimum absolute atomic E-state index is 0.0473. The van der Waals surface area contributed by atoms with Gasteiger partial charge in [-0.1, -0.05) is 44.2 Å². The molecular weight excluding hydrogens is 354 g/mol. The van der Waals surface area contributed by atoms with Crippen LogP contribution in [-0.4, -0.2) is 58.9 Å². The lowest BCUT2D eigenvalue weighted by Gasteiger charge is -2.16. The van der Waals surface area contributed by atoms with Crippen LogP contribution in [0, 0.1) is 5.92 Å². The zero-order chi connectivity index (χ0) is 19.1. The van der Waals surface area contributed by atoms with E-state index in [-0.39, 0.29) is 12.5 Å². The Bertz CT molecular complexity index is 678. The van der Waals surface area contributed by atoms with Crippen molar-refractivity contribution in [1.29, 1.82) is 0 Å². The van der Waals surface area contributed by atoms with Crippen LogP contribution in [0.25, 0.3) is 0 Å². The van der Waals surface area contributed by atoms with Crippen LogP contribution in [0.5, 0.6) is 0 Å². The summed E-state index contributed by atoms with van der Waals surface area (Å²) >= 11 is 1.68. The normalized spacial score (nSPS) is 14.5. The number of hydrogen-bond acceptors (Lipinski definition) is 5. The van der Waals surface area contributed by atoms with Crippen molar-refractivity contribution < 1.29 is 19.2 Å². The number of imide groups is 2. The average molecular weight is 377 g/mol. The molecule has 0 unspecified atom stereocenters. The summed E-state index contributed by atoms with van der Waals surface area (Å²) < 4.78 is 0. The van der Waals surface area contributed by atoms with E-state index in [1.54, 1.807) is 11.8 Å². The Hall–Kier alpha value is -2.35. The highest BCUT2D eigenvalue weighted by atomic mass is 32.2. The topological polar surface area (TPSA) is 86.8 Å². The predicted octanol–water partition coefficient (Wildman–Crippen LogP) is 1.48. The van der Waals surface area contributed by atoms with Gasteiger partial charge in [-0.3, -0.25) is 19.3 Å². The van der Waals surface area contributed by atoms with Crippen LogP contribution in [0.2, 0.25) is 0 Å². The Morgan fingerprint density at radius 2 is 1.73 bits per heavy atom. The Morgan fingerprint density at radius 1 is 1.08 bits per heavy atom. The average Bonchev–Trinajstić information content (AvgIpc) is 2.80. The van der Waals surface area contributed by atoms with E-state index in [9.17, 15) is 19.2 Å². The molecule has 0 atom stereocenters. The van der Waals surface area contributed by atoms with Crippen molar-refractivity contribution in [2.45, 2.75) is 19.6 Å². The van der Waals surface area contributed by atoms with E-state index in [4.69, 9.17) is 0 Å². The third kappa shape index (κ3) is 5.32. The Morgan fingerprint density at radius 3 is 2.38 bits per heavy atom. The number of thioether (sulfide) groups is 1. The third-order valence-electron chi connectivity index (χ3n) is 3.66. The smallest absolute Gasteiger partial charge is 0.334 e. The Kier molecular flexibility index (Phi) is 7.20. The second-order valence-electron chi connectivity index (χ2n) is 6.37. The molecule has 0 spiro atoms. The van der Waals surface area contributed by atoms with Crippen LogP contribution in [0.3, 0.4) is 0 Å². The van der Waals surface area contributed by atoms with Gasteiger partial charge in [-0.25, -0.2) is 9.69 Å². The van der Waals surface area contributed by atoms with Crippen molar-refractivity contribution in [3.63, 3.8) is 0 Å². The molecule has 1 heterocycles. The molecule has 1 aliphatic rings. The molecule has 7 nitrogen and oxygen atoms in total. The number of benzene rings is 1. The molecule has 1 aromatic rings. The molecule has 2 rings (SSSR count). The molecule has 26 heavy (non-hydrogen) atoms. The van der Waals surface area contributed by atoms with Crippen LogP contribution < -0.4 is 5.32 Å². The van der Waals surface area contributed by atoms with Gasteiger partial charge in [0.25, 0.3) is 0 Å². The maximum Gasteiger partial charge on any atom is 0.334 e. The summed E-state index contributed by atoms with van der Waals surface area (Å²) in [7, 11) is 0. The molecule has 0 radical (unpaired) electrons. The van der Waals surface area contributed by atoms with Gasteiger partial charge >= 0.3 is 17.8 Å². The number of carbonyl (C=O) groups excluding carboxylic acids is 4. The summed E-state index contributed by atoms with van der Waals surface area (Å²) in [6.07, 6.45) is 0. The maximum absolute atomic E-state index is 12.2. The molecule has 1 N–H and O–H groups in total. The fourth-order valence-electron chi connectivity index (χ4n) is 2.44. The molecule has 5 amide bonds. The first-order chi connectivity index (χ1) is 12.4. The van der Waals surface area contributed by atoms with Crippen molar-refractivity contribution in [3.05, 3.63) is 35.9 Å². The van der Waals surface area contributed by atoms with Gasteiger partial charge in [-0.2, -0.15) is 11.8 Å². The highest BCUT2D eigenvalue weighted by molar-refractivity contribution is 7.98. The molecule has 140 valence electrons. The first kappa shape index (κ1) is 20.0. The number of amides is 5. The summed E-state index contributed by atoms with van der Waals surface area (Å²) in [6.45, 7) is 3.84. The minimum atomic E-state index is -0.941. The fourth-order valence-corrected chi connectivity index (χ4v) is 3.26. The Balaban J connectivity index is 1.72. The number of nitrogens with zero attached hydrogens (tertiary/aromatic N) is 2. The van der Waals surface area contributed by atoms with Crippen molar-refractivity contribution in [3.8, 4) is 0 Å². The maximum atomic E-state index is 12.2. The largest absolute Gasteiger partial charge is 0.354 e. The van der Waals surface area contributed by atoms with Crippen molar-refractivity contribution in [1.82, 2.24) is 15.1 Å². The number of rotatable bonds is 9. The molecule has 1 fully saturated rings. The second kappa shape index (κ2) is 9.38. The van der Waals surface area contributed by atoms with E-state index >= 15 is 0 Å². The molecular formula is C18H23N3O4S. The molecule has 1 aliphatic heterocycles. The molecule has 0 aromatic heterocycles. The highest BCUT2D eigenvalue weighted by Crippen LogP contribution is 2.14. The monoisotopic (exact) mass is 377 g/mol. The van der Waals surface area contributed by atoms with Gasteiger partial charge in [0.15, 0.2) is 0 Å². The number of nitrogens with one attached hydrogen (secondary N) is 1. The molecule has 1 aromatic carbocycles. The van der Waals surface area contributed by atoms with E-state index in [0.717, 1.165) is 10.7 Å². The SMILES string of the molecule is CC(C)CN1C(=O)C(=O)N(CC(=O)NCCSCc2ccccc2)C1=O. The third-order valence-corrected chi connectivity index (χ3v) is 4.69. The van der Waals surface area contributed by atoms with E-state index in [1.165, 1.54) is 5.56 Å². The van der Waals surface area contributed by atoms with Gasteiger partial charge in [-0.15, -0.1) is 0 Å². The van der Waals surface area contributed by atoms with E-state index in [0.29, 0.717) is 17.2 Å². The lowest BCUT2D eigenvalue weighted by atomic mass is 10.2. The van der Waals surface area contributed by atoms with Crippen LogP contribution >= 0.6 is 11.8 Å². The van der Waals surface area contributed by atoms with Crippen LogP contribution in [0.1, 0.15) is 19.4 Å². The number of hydrogen-bond donors (Lipinski definition) is 1. The minimum Gasteiger partial charge on any atom is -0.354 e. The molecule has 0 saturated carbocycles. The van der Waals surface area contributed by atoms with Gasteiger partial charge in [0.1, 0.15) is 6.54 Å². The molecule has 0 bridgehead atoms. The zero-order valence-corrected chi connectivity index (χ0v) is 15.8. The summed E-state index contributed by atoms with van der Waals surface area (Å²) in [4.78, 5) is 49.5. The number of carbonyl (C=O) groups is 4. The molecule has 0 aliphatic carbocycles. The highest BCUT2D eigenvalue weighted by Gasteiger charge is 2.45. The molecule has 8 heteroatoms. The van der Waals surface area contributed by atoms with Gasteiger partial charge in [-0.05, 0) is 11.5 Å². The van der Waals surface area contributed by atoms with Gasteiger partial charge in [0.05, 0.1) is 0 Å². The van der Waals surface area contributed by atoms with Gasteiger partial charge < -0.3 is 5.32 Å². The quantitative estimate of drug-likeness (QED) is 0.400. The van der Waals surface area contributed by atoms with E-state index in [2.05, 4.69) is 5.32 Å². The van der Waals surface area contributed by atoms with Crippen molar-refractivity contribution >= 4 is 35.5 Å². The summed E-state index contributed by atoms with van der Waals surface area (Å²) in [5.41, 5.74) is 1.21. The standard InChI is InChI=1S/C18H23N3O4S/c1-13(2)10-20-16(23)17(24)21(18(20)25)11-15(22)19-8-9-26-12-14-6-4-3-5-7-14/h3-7,13H,8-12H2,1-2H3,(H,19,22). The van der Waals surface area contributed by atoms with E-state index in [1.807, 2.05) is 44.2 Å². The van der Waals surface area contributed by atoms with E-state index < -0.39 is 30.3 Å². The van der Waals surface area contributed by atoms with Crippen LogP contribution in [0.15, 0.2) is 30.3 Å². The summed E-state index contributed by atoms with van der Waals surface area (Å²) in [5, 5.41) is 2.67. The summed E-state index contributed by atoms with van der Waals surface area (Å²) in [6, 6.07) is 9.27. The lowest BCUT2D eigenvalue weighted by Crippen LogP contribution is -2.42.